The molecule has 0 radical (unpaired) electrons. The average molecular weight is 468 g/mol. The summed E-state index contributed by atoms with van der Waals surface area (Å²) in [5, 5.41) is 2.97. The fourth-order valence-electron chi connectivity index (χ4n) is 4.72. The maximum Gasteiger partial charge on any atom is 0.256 e. The van der Waals surface area contributed by atoms with Gasteiger partial charge in [0.1, 0.15) is 17.6 Å². The Morgan fingerprint density at radius 1 is 0.941 bits per heavy atom. The number of nitrogens with one attached hydrogen (secondary N) is 1. The Morgan fingerprint density at radius 3 is 2.21 bits per heavy atom. The lowest BCUT2D eigenvalue weighted by molar-refractivity contribution is -0.134. The van der Waals surface area contributed by atoms with Crippen molar-refractivity contribution in [2.45, 2.75) is 31.7 Å². The molecule has 7 nitrogen and oxygen atoms in total. The topological polar surface area (TPSA) is 79.0 Å². The van der Waals surface area contributed by atoms with Crippen molar-refractivity contribution in [3.05, 3.63) is 65.5 Å². The molecule has 34 heavy (non-hydrogen) atoms. The molecular formula is C26H30FN3O4. The van der Waals surface area contributed by atoms with Crippen molar-refractivity contribution in [1.29, 1.82) is 0 Å². The van der Waals surface area contributed by atoms with Crippen LogP contribution in [0.5, 0.6) is 5.75 Å². The minimum Gasteiger partial charge on any atom is -0.497 e. The summed E-state index contributed by atoms with van der Waals surface area (Å²) in [7, 11) is 1.56. The minimum absolute atomic E-state index is 0.0541. The Labute approximate surface area is 198 Å². The van der Waals surface area contributed by atoms with Gasteiger partial charge in [-0.25, -0.2) is 4.39 Å². The molecule has 2 fully saturated rings. The minimum atomic E-state index is -0.668. The van der Waals surface area contributed by atoms with Gasteiger partial charge in [0.15, 0.2) is 0 Å². The van der Waals surface area contributed by atoms with Gasteiger partial charge in [-0.05, 0) is 68.0 Å². The number of rotatable bonds is 6. The zero-order chi connectivity index (χ0) is 24.1. The van der Waals surface area contributed by atoms with Crippen LogP contribution in [0.3, 0.4) is 0 Å². The lowest BCUT2D eigenvalue weighted by Crippen LogP contribution is -2.54. The van der Waals surface area contributed by atoms with Crippen LogP contribution in [-0.4, -0.2) is 66.9 Å². The molecule has 0 aliphatic carbocycles. The van der Waals surface area contributed by atoms with Crippen LogP contribution in [0.15, 0.2) is 48.5 Å². The fraction of sp³-hybridized carbons (Fsp3) is 0.423. The van der Waals surface area contributed by atoms with E-state index in [1.807, 2.05) is 4.90 Å². The molecule has 180 valence electrons. The third-order valence-corrected chi connectivity index (χ3v) is 6.73. The highest BCUT2D eigenvalue weighted by atomic mass is 19.1. The zero-order valence-electron chi connectivity index (χ0n) is 19.3. The van der Waals surface area contributed by atoms with E-state index in [2.05, 4.69) is 5.32 Å². The molecule has 2 aromatic rings. The lowest BCUT2D eigenvalue weighted by Gasteiger charge is -2.37. The van der Waals surface area contributed by atoms with Crippen molar-refractivity contribution in [3.63, 3.8) is 0 Å². The standard InChI is InChI=1S/C26H30FN3O4/c1-34-20-10-8-19(9-11-20)24(31)28-23(26(33)29-14-4-5-15-29)18-12-16-30(17-13-18)25(32)21-6-2-3-7-22(21)27/h2-3,6-11,18,23H,4-5,12-17H2,1H3,(H,28,31)/t23-/m1/s1. The molecule has 2 heterocycles. The number of hydrogen-bond acceptors (Lipinski definition) is 4. The van der Waals surface area contributed by atoms with E-state index >= 15 is 0 Å². The average Bonchev–Trinajstić information content (AvgIpc) is 3.42. The van der Waals surface area contributed by atoms with Crippen molar-refractivity contribution in [2.24, 2.45) is 5.92 Å². The number of nitrogens with zero attached hydrogens (tertiary/aromatic N) is 2. The van der Waals surface area contributed by atoms with Crippen LogP contribution in [0.1, 0.15) is 46.4 Å². The quantitative estimate of drug-likeness (QED) is 0.708. The molecule has 0 spiro atoms. The fourth-order valence-corrected chi connectivity index (χ4v) is 4.72. The second kappa shape index (κ2) is 10.7. The van der Waals surface area contributed by atoms with E-state index in [4.69, 9.17) is 4.74 Å². The van der Waals surface area contributed by atoms with Gasteiger partial charge in [-0.2, -0.15) is 0 Å². The summed E-state index contributed by atoms with van der Waals surface area (Å²) in [5.74, 6) is -0.735. The van der Waals surface area contributed by atoms with E-state index in [1.54, 1.807) is 48.4 Å². The second-order valence-electron chi connectivity index (χ2n) is 8.82. The number of halogens is 1. The van der Waals surface area contributed by atoms with Crippen molar-refractivity contribution < 1.29 is 23.5 Å². The summed E-state index contributed by atoms with van der Waals surface area (Å²) in [6.45, 7) is 2.19. The largest absolute Gasteiger partial charge is 0.497 e. The van der Waals surface area contributed by atoms with Crippen molar-refractivity contribution >= 4 is 17.7 Å². The number of benzene rings is 2. The van der Waals surface area contributed by atoms with Crippen LogP contribution in [0, 0.1) is 11.7 Å². The molecule has 2 aromatic carbocycles. The first-order valence-corrected chi connectivity index (χ1v) is 11.8. The van der Waals surface area contributed by atoms with E-state index in [0.717, 1.165) is 12.8 Å². The molecule has 0 bridgehead atoms. The number of carbonyl (C=O) groups excluding carboxylic acids is 3. The van der Waals surface area contributed by atoms with Crippen molar-refractivity contribution in [2.75, 3.05) is 33.3 Å². The molecule has 2 aliphatic heterocycles. The van der Waals surface area contributed by atoms with Gasteiger partial charge >= 0.3 is 0 Å². The van der Waals surface area contributed by atoms with E-state index in [1.165, 1.54) is 12.1 Å². The van der Waals surface area contributed by atoms with Crippen molar-refractivity contribution in [1.82, 2.24) is 15.1 Å². The molecule has 1 N–H and O–H groups in total. The van der Waals surface area contributed by atoms with Crippen LogP contribution < -0.4 is 10.1 Å². The Hall–Kier alpha value is -3.42. The SMILES string of the molecule is COc1ccc(C(=O)N[C@@H](C(=O)N2CCCC2)C2CCN(C(=O)c3ccccc3F)CC2)cc1. The third-order valence-electron chi connectivity index (χ3n) is 6.73. The summed E-state index contributed by atoms with van der Waals surface area (Å²) >= 11 is 0. The van der Waals surface area contributed by atoms with Gasteiger partial charge in [0.2, 0.25) is 5.91 Å². The predicted molar refractivity (Wildman–Crippen MR) is 125 cm³/mol. The summed E-state index contributed by atoms with van der Waals surface area (Å²) in [4.78, 5) is 42.6. The second-order valence-corrected chi connectivity index (χ2v) is 8.82. The predicted octanol–water partition coefficient (Wildman–Crippen LogP) is 3.11. The number of amides is 3. The van der Waals surface area contributed by atoms with Gasteiger partial charge in [0.25, 0.3) is 11.8 Å². The molecule has 2 saturated heterocycles. The monoisotopic (exact) mass is 467 g/mol. The molecule has 1 atom stereocenters. The Morgan fingerprint density at radius 2 is 1.59 bits per heavy atom. The Balaban J connectivity index is 1.46. The molecule has 4 rings (SSSR count). The summed E-state index contributed by atoms with van der Waals surface area (Å²) in [5.41, 5.74) is 0.505. The number of piperidine rings is 1. The molecule has 0 saturated carbocycles. The maximum atomic E-state index is 14.1. The van der Waals surface area contributed by atoms with E-state index < -0.39 is 11.9 Å². The van der Waals surface area contributed by atoms with Gasteiger partial charge in [0, 0.05) is 31.7 Å². The third kappa shape index (κ3) is 5.21. The normalized spacial score (nSPS) is 17.4. The molecule has 0 unspecified atom stereocenters. The zero-order valence-corrected chi connectivity index (χ0v) is 19.3. The molecule has 3 amide bonds. The lowest BCUT2D eigenvalue weighted by atomic mass is 9.88. The van der Waals surface area contributed by atoms with Gasteiger partial charge in [-0.1, -0.05) is 12.1 Å². The first-order valence-electron chi connectivity index (χ1n) is 11.8. The molecule has 2 aliphatic rings. The number of hydrogen-bond donors (Lipinski definition) is 1. The highest BCUT2D eigenvalue weighted by Gasteiger charge is 2.37. The van der Waals surface area contributed by atoms with Crippen LogP contribution in [0.2, 0.25) is 0 Å². The van der Waals surface area contributed by atoms with Gasteiger partial charge in [-0.3, -0.25) is 14.4 Å². The highest BCUT2D eigenvalue weighted by Crippen LogP contribution is 2.25. The van der Waals surface area contributed by atoms with Crippen LogP contribution in [-0.2, 0) is 4.79 Å². The number of methoxy groups -OCH3 is 1. The van der Waals surface area contributed by atoms with Crippen LogP contribution in [0.4, 0.5) is 4.39 Å². The van der Waals surface area contributed by atoms with Gasteiger partial charge in [0.05, 0.1) is 12.7 Å². The first kappa shape index (κ1) is 23.7. The van der Waals surface area contributed by atoms with E-state index in [9.17, 15) is 18.8 Å². The Kier molecular flexibility index (Phi) is 7.45. The van der Waals surface area contributed by atoms with Gasteiger partial charge in [-0.15, -0.1) is 0 Å². The van der Waals surface area contributed by atoms with Crippen molar-refractivity contribution in [3.8, 4) is 5.75 Å². The van der Waals surface area contributed by atoms with E-state index in [-0.39, 0.29) is 29.2 Å². The van der Waals surface area contributed by atoms with Crippen LogP contribution in [0.25, 0.3) is 0 Å². The maximum absolute atomic E-state index is 14.1. The Bertz CT molecular complexity index is 1030. The van der Waals surface area contributed by atoms with Gasteiger partial charge < -0.3 is 19.9 Å². The smallest absolute Gasteiger partial charge is 0.256 e. The van der Waals surface area contributed by atoms with E-state index in [0.29, 0.717) is 50.3 Å². The number of carbonyl (C=O) groups is 3. The molecular weight excluding hydrogens is 437 g/mol. The van der Waals surface area contributed by atoms with Crippen LogP contribution >= 0.6 is 0 Å². The molecule has 8 heteroatoms. The highest BCUT2D eigenvalue weighted by molar-refractivity contribution is 5.98. The first-order chi connectivity index (χ1) is 16.5. The number of ether oxygens (including phenoxy) is 1. The summed E-state index contributed by atoms with van der Waals surface area (Å²) in [6.07, 6.45) is 3.02. The summed E-state index contributed by atoms with van der Waals surface area (Å²) < 4.78 is 19.2. The summed E-state index contributed by atoms with van der Waals surface area (Å²) in [6, 6.07) is 12.0. The number of likely N-dealkylation sites (tertiary alicyclic amines) is 2. The molecule has 0 aromatic heterocycles.